The van der Waals surface area contributed by atoms with Crippen molar-refractivity contribution >= 4 is 17.7 Å². The van der Waals surface area contributed by atoms with E-state index < -0.39 is 41.6 Å². The van der Waals surface area contributed by atoms with Crippen LogP contribution in [0.2, 0.25) is 0 Å². The first-order valence-electron chi connectivity index (χ1n) is 12.4. The van der Waals surface area contributed by atoms with Crippen LogP contribution in [-0.4, -0.2) is 34.9 Å². The quantitative estimate of drug-likeness (QED) is 0.382. The number of halogens is 2. The summed E-state index contributed by atoms with van der Waals surface area (Å²) < 4.78 is 27.0. The number of nitrogens with one attached hydrogen (secondary N) is 3. The molecule has 1 saturated heterocycles. The molecule has 0 bridgehead atoms. The number of hydrogen-bond acceptors (Lipinski definition) is 4. The molecule has 0 aromatic heterocycles. The zero-order chi connectivity index (χ0) is 27.2. The summed E-state index contributed by atoms with van der Waals surface area (Å²) in [5.74, 6) is -3.92. The van der Waals surface area contributed by atoms with Gasteiger partial charge in [0.2, 0.25) is 11.8 Å². The van der Waals surface area contributed by atoms with E-state index in [4.69, 9.17) is 0 Å². The van der Waals surface area contributed by atoms with Crippen LogP contribution in [-0.2, 0) is 14.4 Å². The van der Waals surface area contributed by atoms with Crippen LogP contribution < -0.4 is 16.0 Å². The zero-order valence-corrected chi connectivity index (χ0v) is 20.7. The molecule has 0 spiro atoms. The molecule has 1 aliphatic heterocycles. The van der Waals surface area contributed by atoms with Gasteiger partial charge in [-0.3, -0.25) is 14.4 Å². The van der Waals surface area contributed by atoms with Crippen molar-refractivity contribution in [2.45, 2.75) is 49.9 Å². The van der Waals surface area contributed by atoms with Gasteiger partial charge in [-0.1, -0.05) is 60.7 Å². The third-order valence-electron chi connectivity index (χ3n) is 6.66. The summed E-state index contributed by atoms with van der Waals surface area (Å²) >= 11 is 0. The van der Waals surface area contributed by atoms with Crippen LogP contribution in [0.3, 0.4) is 0 Å². The number of carbonyl (C=O) groups excluding carboxylic acids is 3. The highest BCUT2D eigenvalue weighted by atomic mass is 19.1. The summed E-state index contributed by atoms with van der Waals surface area (Å²) in [5, 5.41) is 18.3. The lowest BCUT2D eigenvalue weighted by Crippen LogP contribution is -2.53. The molecule has 38 heavy (non-hydrogen) atoms. The Morgan fingerprint density at radius 3 is 2.08 bits per heavy atom. The highest BCUT2D eigenvalue weighted by Gasteiger charge is 2.34. The predicted octanol–water partition coefficient (Wildman–Crippen LogP) is 3.42. The average molecular weight is 522 g/mol. The van der Waals surface area contributed by atoms with Crippen molar-refractivity contribution in [3.63, 3.8) is 0 Å². The molecule has 4 rings (SSSR count). The molecular formula is C29H29F2N3O4. The topological polar surface area (TPSA) is 108 Å². The van der Waals surface area contributed by atoms with E-state index in [1.165, 1.54) is 6.92 Å². The summed E-state index contributed by atoms with van der Waals surface area (Å²) in [7, 11) is 0. The summed E-state index contributed by atoms with van der Waals surface area (Å²) in [6, 6.07) is 19.4. The van der Waals surface area contributed by atoms with Gasteiger partial charge in [-0.25, -0.2) is 8.78 Å². The van der Waals surface area contributed by atoms with Crippen molar-refractivity contribution in [2.75, 3.05) is 0 Å². The average Bonchev–Trinajstić information content (AvgIpc) is 3.07. The third kappa shape index (κ3) is 6.60. The molecule has 1 heterocycles. The Morgan fingerprint density at radius 1 is 0.895 bits per heavy atom. The lowest BCUT2D eigenvalue weighted by atomic mass is 9.86. The smallest absolute Gasteiger partial charge is 0.254 e. The molecule has 3 amide bonds. The first-order valence-corrected chi connectivity index (χ1v) is 12.4. The Morgan fingerprint density at radius 2 is 1.47 bits per heavy atom. The van der Waals surface area contributed by atoms with Gasteiger partial charge in [0.1, 0.15) is 23.7 Å². The van der Waals surface area contributed by atoms with Crippen LogP contribution in [0.5, 0.6) is 0 Å². The Bertz CT molecular complexity index is 1270. The molecule has 1 fully saturated rings. The Labute approximate surface area is 219 Å². The van der Waals surface area contributed by atoms with Gasteiger partial charge in [-0.2, -0.15) is 0 Å². The number of aliphatic hydroxyl groups is 1. The summed E-state index contributed by atoms with van der Waals surface area (Å²) in [4.78, 5) is 38.6. The van der Waals surface area contributed by atoms with Gasteiger partial charge in [0.05, 0.1) is 6.04 Å². The van der Waals surface area contributed by atoms with Gasteiger partial charge in [0.15, 0.2) is 6.10 Å². The van der Waals surface area contributed by atoms with Crippen molar-refractivity contribution in [3.05, 3.63) is 107 Å². The van der Waals surface area contributed by atoms with Crippen LogP contribution in [0.1, 0.15) is 54.5 Å². The van der Waals surface area contributed by atoms with Crippen LogP contribution >= 0.6 is 0 Å². The number of amides is 3. The monoisotopic (exact) mass is 521 g/mol. The van der Waals surface area contributed by atoms with Crippen molar-refractivity contribution in [1.29, 1.82) is 0 Å². The molecule has 5 atom stereocenters. The zero-order valence-electron chi connectivity index (χ0n) is 20.7. The van der Waals surface area contributed by atoms with E-state index in [1.54, 1.807) is 0 Å². The second-order valence-corrected chi connectivity index (χ2v) is 9.45. The first kappa shape index (κ1) is 26.9. The normalized spacial score (nSPS) is 20.9. The molecular weight excluding hydrogens is 492 g/mol. The maximum Gasteiger partial charge on any atom is 0.254 e. The highest BCUT2D eigenvalue weighted by Crippen LogP contribution is 2.34. The number of rotatable bonds is 7. The van der Waals surface area contributed by atoms with E-state index >= 15 is 0 Å². The van der Waals surface area contributed by atoms with E-state index in [1.807, 2.05) is 60.7 Å². The minimum Gasteiger partial charge on any atom is -0.378 e. The Kier molecular flexibility index (Phi) is 8.48. The standard InChI is InChI=1S/C29H29F2N3O4/c1-17(32-29(38)26(35)21-12-22(30)16-23(31)13-21)27(36)34-25-15-20(18-8-4-2-5-9-18)14-24(33-28(25)37)19-10-6-3-7-11-19/h2-13,16-17,20,24-26,35H,14-15H2,1H3,(H,32,38)(H,33,37)(H,34,36)/t17-,20+,24+,25-,26-/m0/s1. The maximum atomic E-state index is 13.5. The second kappa shape index (κ2) is 12.0. The minimum atomic E-state index is -1.88. The fourth-order valence-electron chi connectivity index (χ4n) is 4.67. The van der Waals surface area contributed by atoms with Gasteiger partial charge in [0.25, 0.3) is 5.91 Å². The van der Waals surface area contributed by atoms with E-state index in [2.05, 4.69) is 16.0 Å². The minimum absolute atomic E-state index is 0.0414. The third-order valence-corrected chi connectivity index (χ3v) is 6.66. The van der Waals surface area contributed by atoms with Crippen LogP contribution in [0.15, 0.2) is 78.9 Å². The lowest BCUT2D eigenvalue weighted by molar-refractivity contribution is -0.135. The SMILES string of the molecule is C[C@H](NC(=O)[C@@H](O)c1cc(F)cc(F)c1)C(=O)N[C@H]1C[C@H](c2ccccc2)C[C@H](c2ccccc2)NC1=O. The van der Waals surface area contributed by atoms with E-state index in [9.17, 15) is 28.3 Å². The number of carbonyl (C=O) groups is 3. The molecule has 0 saturated carbocycles. The van der Waals surface area contributed by atoms with Gasteiger partial charge in [-0.15, -0.1) is 0 Å². The molecule has 0 unspecified atom stereocenters. The second-order valence-electron chi connectivity index (χ2n) is 9.45. The molecule has 9 heteroatoms. The molecule has 198 valence electrons. The lowest BCUT2D eigenvalue weighted by Gasteiger charge is -2.23. The molecule has 0 aliphatic carbocycles. The van der Waals surface area contributed by atoms with Crippen molar-refractivity contribution in [3.8, 4) is 0 Å². The largest absolute Gasteiger partial charge is 0.378 e. The van der Waals surface area contributed by atoms with E-state index in [0.29, 0.717) is 18.9 Å². The van der Waals surface area contributed by atoms with Crippen LogP contribution in [0, 0.1) is 11.6 Å². The molecule has 4 N–H and O–H groups in total. The maximum absolute atomic E-state index is 13.5. The fourth-order valence-corrected chi connectivity index (χ4v) is 4.67. The number of hydrogen-bond donors (Lipinski definition) is 4. The van der Waals surface area contributed by atoms with Crippen molar-refractivity contribution < 1.29 is 28.3 Å². The molecule has 7 nitrogen and oxygen atoms in total. The molecule has 1 aliphatic rings. The highest BCUT2D eigenvalue weighted by molar-refractivity contribution is 5.93. The summed E-state index contributed by atoms with van der Waals surface area (Å²) in [6.07, 6.45) is -0.906. The van der Waals surface area contributed by atoms with Crippen molar-refractivity contribution in [2.24, 2.45) is 0 Å². The molecule has 3 aromatic carbocycles. The van der Waals surface area contributed by atoms with Gasteiger partial charge in [-0.05, 0) is 54.5 Å². The van der Waals surface area contributed by atoms with E-state index in [0.717, 1.165) is 23.3 Å². The van der Waals surface area contributed by atoms with Gasteiger partial charge < -0.3 is 21.1 Å². The predicted molar refractivity (Wildman–Crippen MR) is 137 cm³/mol. The molecule has 0 radical (unpaired) electrons. The number of benzene rings is 3. The first-order chi connectivity index (χ1) is 18.2. The Balaban J connectivity index is 1.46. The molecule has 3 aromatic rings. The number of aliphatic hydroxyl groups excluding tert-OH is 1. The van der Waals surface area contributed by atoms with Gasteiger partial charge >= 0.3 is 0 Å². The van der Waals surface area contributed by atoms with E-state index in [-0.39, 0.29) is 23.4 Å². The fraction of sp³-hybridized carbons (Fsp3) is 0.276. The van der Waals surface area contributed by atoms with Crippen LogP contribution in [0.4, 0.5) is 8.78 Å². The van der Waals surface area contributed by atoms with Crippen molar-refractivity contribution in [1.82, 2.24) is 16.0 Å². The summed E-state index contributed by atoms with van der Waals surface area (Å²) in [6.45, 7) is 1.39. The summed E-state index contributed by atoms with van der Waals surface area (Å²) in [5.41, 5.74) is 1.71. The van der Waals surface area contributed by atoms with Crippen LogP contribution in [0.25, 0.3) is 0 Å². The Hall–Kier alpha value is -4.11. The van der Waals surface area contributed by atoms with Gasteiger partial charge in [0, 0.05) is 6.07 Å².